The summed E-state index contributed by atoms with van der Waals surface area (Å²) in [6.07, 6.45) is 1.47. The van der Waals surface area contributed by atoms with Crippen molar-refractivity contribution in [3.8, 4) is 23.0 Å². The van der Waals surface area contributed by atoms with Gasteiger partial charge < -0.3 is 24.3 Å². The van der Waals surface area contributed by atoms with Gasteiger partial charge in [0.05, 0.1) is 31.5 Å². The summed E-state index contributed by atoms with van der Waals surface area (Å²) in [5.41, 5.74) is 5.21. The number of hydrazone groups is 1. The summed E-state index contributed by atoms with van der Waals surface area (Å²) in [5.74, 6) is 1.04. The first-order valence-electron chi connectivity index (χ1n) is 11.4. The van der Waals surface area contributed by atoms with Crippen LogP contribution in [0.2, 0.25) is 0 Å². The number of nitrogens with zero attached hydrogens (tertiary/aromatic N) is 1. The lowest BCUT2D eigenvalue weighted by Crippen LogP contribution is -2.20. The van der Waals surface area contributed by atoms with Crippen molar-refractivity contribution in [1.29, 1.82) is 0 Å². The highest BCUT2D eigenvalue weighted by Crippen LogP contribution is 2.36. The highest BCUT2D eigenvalue weighted by Gasteiger charge is 2.15. The van der Waals surface area contributed by atoms with Crippen LogP contribution in [0, 0.1) is 6.92 Å². The van der Waals surface area contributed by atoms with Crippen LogP contribution in [0.4, 0.5) is 5.69 Å². The van der Waals surface area contributed by atoms with Gasteiger partial charge in [-0.1, -0.05) is 12.1 Å². The summed E-state index contributed by atoms with van der Waals surface area (Å²) in [5, 5.41) is 6.84. The number of halogens is 1. The lowest BCUT2D eigenvalue weighted by molar-refractivity contribution is -0.118. The number of methoxy groups -OCH3 is 2. The predicted molar refractivity (Wildman–Crippen MR) is 145 cm³/mol. The minimum atomic E-state index is -0.416. The maximum Gasteiger partial charge on any atom is 0.271 e. The highest BCUT2D eigenvalue weighted by molar-refractivity contribution is 9.10. The van der Waals surface area contributed by atoms with Gasteiger partial charge in [-0.15, -0.1) is 0 Å². The number of rotatable bonds is 11. The third-order valence-corrected chi connectivity index (χ3v) is 5.60. The second-order valence-corrected chi connectivity index (χ2v) is 8.59. The van der Waals surface area contributed by atoms with Gasteiger partial charge in [-0.3, -0.25) is 9.59 Å². The van der Waals surface area contributed by atoms with E-state index in [2.05, 4.69) is 31.8 Å². The molecule has 2 N–H and O–H groups in total. The molecule has 0 aliphatic carbocycles. The van der Waals surface area contributed by atoms with E-state index in [4.69, 9.17) is 18.9 Å². The highest BCUT2D eigenvalue weighted by atomic mass is 79.9. The summed E-state index contributed by atoms with van der Waals surface area (Å²) in [6.45, 7) is 3.97. The smallest absolute Gasteiger partial charge is 0.271 e. The second kappa shape index (κ2) is 13.3. The van der Waals surface area contributed by atoms with Gasteiger partial charge in [0.15, 0.2) is 29.6 Å². The quantitative estimate of drug-likeness (QED) is 0.250. The molecular formula is C27H28BrN3O6. The summed E-state index contributed by atoms with van der Waals surface area (Å²) in [6, 6.07) is 15.8. The number of carbonyl (C=O) groups excluding carboxylic acids is 2. The van der Waals surface area contributed by atoms with Gasteiger partial charge in [0, 0.05) is 11.3 Å². The molecule has 37 heavy (non-hydrogen) atoms. The molecular weight excluding hydrogens is 542 g/mol. The van der Waals surface area contributed by atoms with Crippen LogP contribution in [0.25, 0.3) is 0 Å². The maximum absolute atomic E-state index is 12.5. The van der Waals surface area contributed by atoms with Gasteiger partial charge in [0.25, 0.3) is 11.8 Å². The Balaban J connectivity index is 1.67. The fourth-order valence-electron chi connectivity index (χ4n) is 3.33. The molecule has 0 saturated heterocycles. The number of amides is 2. The second-order valence-electron chi connectivity index (χ2n) is 7.74. The Morgan fingerprint density at radius 1 is 0.973 bits per heavy atom. The van der Waals surface area contributed by atoms with Crippen LogP contribution >= 0.6 is 15.9 Å². The average Bonchev–Trinajstić information content (AvgIpc) is 2.88. The molecule has 194 valence electrons. The number of aryl methyl sites for hydroxylation is 1. The lowest BCUT2D eigenvalue weighted by Gasteiger charge is -2.14. The summed E-state index contributed by atoms with van der Waals surface area (Å²) < 4.78 is 22.5. The van der Waals surface area contributed by atoms with Crippen LogP contribution in [0.3, 0.4) is 0 Å². The van der Waals surface area contributed by atoms with Gasteiger partial charge >= 0.3 is 0 Å². The molecule has 2 amide bonds. The number of anilines is 1. The predicted octanol–water partition coefficient (Wildman–Crippen LogP) is 4.95. The third kappa shape index (κ3) is 7.71. The zero-order chi connectivity index (χ0) is 26.8. The van der Waals surface area contributed by atoms with Crippen molar-refractivity contribution >= 4 is 39.6 Å². The van der Waals surface area contributed by atoms with E-state index in [1.54, 1.807) is 30.3 Å². The largest absolute Gasteiger partial charge is 0.493 e. The zero-order valence-electron chi connectivity index (χ0n) is 21.0. The molecule has 0 saturated carbocycles. The first kappa shape index (κ1) is 27.5. The summed E-state index contributed by atoms with van der Waals surface area (Å²) in [4.78, 5) is 24.9. The van der Waals surface area contributed by atoms with Crippen molar-refractivity contribution in [2.75, 3.05) is 32.8 Å². The molecule has 0 radical (unpaired) electrons. The van der Waals surface area contributed by atoms with E-state index in [9.17, 15) is 9.59 Å². The van der Waals surface area contributed by atoms with Crippen LogP contribution in [-0.2, 0) is 4.79 Å². The molecule has 9 nitrogen and oxygen atoms in total. The fraction of sp³-hybridized carbons (Fsp3) is 0.222. The van der Waals surface area contributed by atoms with E-state index in [1.165, 1.54) is 20.4 Å². The minimum Gasteiger partial charge on any atom is -0.493 e. The first-order chi connectivity index (χ1) is 17.8. The molecule has 0 spiro atoms. The van der Waals surface area contributed by atoms with E-state index in [0.717, 1.165) is 5.56 Å². The van der Waals surface area contributed by atoms with Gasteiger partial charge in [0.2, 0.25) is 0 Å². The minimum absolute atomic E-state index is 0.207. The molecule has 0 unspecified atom stereocenters. The van der Waals surface area contributed by atoms with Crippen LogP contribution < -0.4 is 29.7 Å². The van der Waals surface area contributed by atoms with Crippen molar-refractivity contribution in [2.24, 2.45) is 5.10 Å². The van der Waals surface area contributed by atoms with Crippen molar-refractivity contribution in [2.45, 2.75) is 13.8 Å². The molecule has 0 fully saturated rings. The Hall–Kier alpha value is -4.05. The molecule has 0 aliphatic heterocycles. The maximum atomic E-state index is 12.5. The van der Waals surface area contributed by atoms with E-state index in [1.807, 2.05) is 38.1 Å². The van der Waals surface area contributed by atoms with Gasteiger partial charge in [-0.25, -0.2) is 5.43 Å². The standard InChI is InChI=1S/C27H28BrN3O6/c1-5-36-24-13-18(15-29-31-27(33)19-9-10-22(34-3)23(14-19)35-4)12-21(28)26(24)37-16-25(32)30-20-8-6-7-17(2)11-20/h6-15H,5,16H2,1-4H3,(H,30,32)(H,31,33)/b29-15+. The Bertz CT molecular complexity index is 1300. The molecule has 0 aliphatic rings. The van der Waals surface area contributed by atoms with Crippen LogP contribution in [0.5, 0.6) is 23.0 Å². The van der Waals surface area contributed by atoms with Gasteiger partial charge in [0.1, 0.15) is 0 Å². The average molecular weight is 570 g/mol. The zero-order valence-corrected chi connectivity index (χ0v) is 22.5. The van der Waals surface area contributed by atoms with Gasteiger partial charge in [-0.2, -0.15) is 5.10 Å². The molecule has 3 rings (SSSR count). The number of carbonyl (C=O) groups is 2. The molecule has 3 aromatic rings. The van der Waals surface area contributed by atoms with E-state index >= 15 is 0 Å². The van der Waals surface area contributed by atoms with Crippen LogP contribution in [-0.4, -0.2) is 45.5 Å². The molecule has 0 aromatic heterocycles. The number of hydrogen-bond donors (Lipinski definition) is 2. The molecule has 10 heteroatoms. The Morgan fingerprint density at radius 2 is 1.76 bits per heavy atom. The van der Waals surface area contributed by atoms with Crippen molar-refractivity contribution in [1.82, 2.24) is 5.43 Å². The SMILES string of the molecule is CCOc1cc(/C=N/NC(=O)c2ccc(OC)c(OC)c2)cc(Br)c1OCC(=O)Nc1cccc(C)c1. The number of benzene rings is 3. The van der Waals surface area contributed by atoms with Crippen LogP contribution in [0.1, 0.15) is 28.4 Å². The van der Waals surface area contributed by atoms with E-state index in [-0.39, 0.29) is 12.5 Å². The van der Waals surface area contributed by atoms with Crippen molar-refractivity contribution in [3.05, 3.63) is 75.8 Å². The van der Waals surface area contributed by atoms with Crippen LogP contribution in [0.15, 0.2) is 64.2 Å². The number of ether oxygens (including phenoxy) is 4. The number of hydrogen-bond acceptors (Lipinski definition) is 7. The van der Waals surface area contributed by atoms with E-state index < -0.39 is 5.91 Å². The fourth-order valence-corrected chi connectivity index (χ4v) is 3.90. The molecule has 0 atom stereocenters. The monoisotopic (exact) mass is 569 g/mol. The topological polar surface area (TPSA) is 107 Å². The Labute approximate surface area is 223 Å². The first-order valence-corrected chi connectivity index (χ1v) is 12.1. The normalized spacial score (nSPS) is 10.6. The Kier molecular flexibility index (Phi) is 9.91. The third-order valence-electron chi connectivity index (χ3n) is 5.01. The van der Waals surface area contributed by atoms with Crippen molar-refractivity contribution < 1.29 is 28.5 Å². The summed E-state index contributed by atoms with van der Waals surface area (Å²) in [7, 11) is 3.02. The number of nitrogens with one attached hydrogen (secondary N) is 2. The van der Waals surface area contributed by atoms with Crippen molar-refractivity contribution in [3.63, 3.8) is 0 Å². The summed E-state index contributed by atoms with van der Waals surface area (Å²) >= 11 is 3.47. The van der Waals surface area contributed by atoms with E-state index in [0.29, 0.717) is 50.9 Å². The lowest BCUT2D eigenvalue weighted by atomic mass is 10.2. The molecule has 0 heterocycles. The Morgan fingerprint density at radius 3 is 2.46 bits per heavy atom. The van der Waals surface area contributed by atoms with Gasteiger partial charge in [-0.05, 0) is 83.4 Å². The molecule has 0 bridgehead atoms. The molecule has 3 aromatic carbocycles.